The molecule has 5 rings (SSSR count). The third kappa shape index (κ3) is 5.13. The number of amides is 2. The van der Waals surface area contributed by atoms with E-state index in [-0.39, 0.29) is 41.4 Å². The van der Waals surface area contributed by atoms with Crippen molar-refractivity contribution in [2.45, 2.75) is 105 Å². The van der Waals surface area contributed by atoms with Crippen LogP contribution < -0.4 is 26.8 Å². The molecule has 5 fully saturated rings. The van der Waals surface area contributed by atoms with E-state index >= 15 is 0 Å². The maximum atomic E-state index is 12.6. The smallest absolute Gasteiger partial charge is 0.253 e. The van der Waals surface area contributed by atoms with Crippen LogP contribution in [0.5, 0.6) is 0 Å². The number of hydrazine groups is 1. The van der Waals surface area contributed by atoms with E-state index in [0.29, 0.717) is 38.5 Å². The molecular weight excluding hydrogens is 445 g/mol. The SMILES string of the molecule is CC1NNC(C(=O)NC23CCC(NC(=O)COC4CCC(Cl)C(Cl)C4)(CC2)[C@@H](O)C3)N1. The summed E-state index contributed by atoms with van der Waals surface area (Å²) >= 11 is 12.3. The van der Waals surface area contributed by atoms with Crippen LogP contribution in [0, 0.1) is 0 Å². The number of aliphatic hydroxyl groups is 1. The first-order chi connectivity index (χ1) is 14.7. The Balaban J connectivity index is 1.26. The fraction of sp³-hybridized carbons (Fsp3) is 0.900. The third-order valence-electron chi connectivity index (χ3n) is 7.32. The van der Waals surface area contributed by atoms with Gasteiger partial charge in [-0.3, -0.25) is 14.9 Å². The molecule has 5 aliphatic rings. The molecule has 5 unspecified atom stereocenters. The Morgan fingerprint density at radius 2 is 1.84 bits per heavy atom. The maximum absolute atomic E-state index is 12.6. The Morgan fingerprint density at radius 1 is 1.10 bits per heavy atom. The highest BCUT2D eigenvalue weighted by molar-refractivity contribution is 6.30. The molecule has 1 saturated heterocycles. The lowest BCUT2D eigenvalue weighted by Crippen LogP contribution is -2.71. The van der Waals surface area contributed by atoms with Gasteiger partial charge < -0.3 is 20.5 Å². The predicted molar refractivity (Wildman–Crippen MR) is 116 cm³/mol. The molecule has 176 valence electrons. The van der Waals surface area contributed by atoms with Crippen molar-refractivity contribution < 1.29 is 19.4 Å². The van der Waals surface area contributed by atoms with Crippen LogP contribution >= 0.6 is 23.2 Å². The molecule has 0 aromatic heterocycles. The summed E-state index contributed by atoms with van der Waals surface area (Å²) in [6, 6.07) is 0. The zero-order valence-electron chi connectivity index (χ0n) is 17.8. The monoisotopic (exact) mass is 477 g/mol. The lowest BCUT2D eigenvalue weighted by Gasteiger charge is -2.56. The number of carbonyl (C=O) groups is 2. The van der Waals surface area contributed by atoms with Crippen molar-refractivity contribution in [1.82, 2.24) is 26.8 Å². The largest absolute Gasteiger partial charge is 0.391 e. The van der Waals surface area contributed by atoms with E-state index < -0.39 is 23.3 Å². The number of rotatable bonds is 6. The lowest BCUT2D eigenvalue weighted by atomic mass is 9.60. The molecule has 9 nitrogen and oxygen atoms in total. The molecule has 31 heavy (non-hydrogen) atoms. The zero-order chi connectivity index (χ0) is 22.2. The molecule has 11 heteroatoms. The summed E-state index contributed by atoms with van der Waals surface area (Å²) in [5.41, 5.74) is 4.78. The highest BCUT2D eigenvalue weighted by Gasteiger charge is 2.55. The van der Waals surface area contributed by atoms with E-state index in [9.17, 15) is 14.7 Å². The molecule has 0 radical (unpaired) electrons. The number of carbonyl (C=O) groups excluding carboxylic acids is 2. The summed E-state index contributed by atoms with van der Waals surface area (Å²) < 4.78 is 5.77. The second-order valence-corrected chi connectivity index (χ2v) is 10.7. The average Bonchev–Trinajstić information content (AvgIpc) is 3.17. The number of hydrogen-bond acceptors (Lipinski definition) is 7. The molecule has 0 aromatic carbocycles. The Bertz CT molecular complexity index is 690. The van der Waals surface area contributed by atoms with Gasteiger partial charge in [-0.15, -0.1) is 23.2 Å². The molecule has 0 spiro atoms. The summed E-state index contributed by atoms with van der Waals surface area (Å²) in [5.74, 6) is -0.365. The third-order valence-corrected chi connectivity index (χ3v) is 8.45. The molecule has 4 saturated carbocycles. The normalized spacial score (nSPS) is 44.8. The van der Waals surface area contributed by atoms with E-state index in [1.165, 1.54) is 0 Å². The van der Waals surface area contributed by atoms with Crippen molar-refractivity contribution >= 4 is 35.0 Å². The van der Waals surface area contributed by atoms with Crippen LogP contribution in [0.2, 0.25) is 0 Å². The van der Waals surface area contributed by atoms with Crippen LogP contribution in [0.3, 0.4) is 0 Å². The number of hydrogen-bond donors (Lipinski definition) is 6. The molecule has 1 aliphatic heterocycles. The van der Waals surface area contributed by atoms with Crippen LogP contribution in [0.4, 0.5) is 0 Å². The Kier molecular flexibility index (Phi) is 7.03. The molecule has 1 heterocycles. The van der Waals surface area contributed by atoms with Gasteiger partial charge in [0.15, 0.2) is 6.17 Å². The fourth-order valence-corrected chi connectivity index (χ4v) is 5.93. The van der Waals surface area contributed by atoms with E-state index in [0.717, 1.165) is 12.8 Å². The summed E-state index contributed by atoms with van der Waals surface area (Å²) in [6.07, 6.45) is 3.97. The molecule has 6 atom stereocenters. The van der Waals surface area contributed by atoms with Gasteiger partial charge in [-0.25, -0.2) is 10.9 Å². The van der Waals surface area contributed by atoms with E-state index in [4.69, 9.17) is 27.9 Å². The maximum Gasteiger partial charge on any atom is 0.253 e. The molecular formula is C20H33Cl2N5O4. The van der Waals surface area contributed by atoms with Crippen molar-refractivity contribution in [2.24, 2.45) is 0 Å². The first-order valence-corrected chi connectivity index (χ1v) is 12.1. The van der Waals surface area contributed by atoms with Gasteiger partial charge in [-0.05, 0) is 58.3 Å². The second kappa shape index (κ2) is 9.29. The first kappa shape index (κ1) is 23.5. The number of alkyl halides is 2. The second-order valence-electron chi connectivity index (χ2n) is 9.58. The van der Waals surface area contributed by atoms with E-state index in [2.05, 4.69) is 26.8 Å². The number of ether oxygens (including phenoxy) is 1. The Hall–Kier alpha value is -0.680. The highest BCUT2D eigenvalue weighted by Crippen LogP contribution is 2.47. The quantitative estimate of drug-likeness (QED) is 0.301. The minimum Gasteiger partial charge on any atom is -0.391 e. The minimum absolute atomic E-state index is 0.00179. The summed E-state index contributed by atoms with van der Waals surface area (Å²) in [4.78, 5) is 25.2. The van der Waals surface area contributed by atoms with Crippen molar-refractivity contribution in [2.75, 3.05) is 6.61 Å². The minimum atomic E-state index is -0.722. The fourth-order valence-electron chi connectivity index (χ4n) is 5.38. The van der Waals surface area contributed by atoms with Crippen molar-refractivity contribution in [3.63, 3.8) is 0 Å². The van der Waals surface area contributed by atoms with E-state index in [1.54, 1.807) is 0 Å². The number of halogens is 2. The zero-order valence-corrected chi connectivity index (χ0v) is 19.3. The average molecular weight is 478 g/mol. The van der Waals surface area contributed by atoms with Crippen molar-refractivity contribution in [3.8, 4) is 0 Å². The summed E-state index contributed by atoms with van der Waals surface area (Å²) in [7, 11) is 0. The van der Waals surface area contributed by atoms with Crippen LogP contribution in [0.1, 0.15) is 58.3 Å². The van der Waals surface area contributed by atoms with Crippen LogP contribution in [-0.2, 0) is 14.3 Å². The predicted octanol–water partition coefficient (Wildman–Crippen LogP) is 0.188. The van der Waals surface area contributed by atoms with Gasteiger partial charge in [0.2, 0.25) is 5.91 Å². The van der Waals surface area contributed by atoms with Gasteiger partial charge in [0.1, 0.15) is 6.61 Å². The van der Waals surface area contributed by atoms with Gasteiger partial charge in [0, 0.05) is 5.54 Å². The van der Waals surface area contributed by atoms with Crippen molar-refractivity contribution in [1.29, 1.82) is 0 Å². The van der Waals surface area contributed by atoms with Crippen LogP contribution in [-0.4, -0.2) is 69.9 Å². The summed E-state index contributed by atoms with van der Waals surface area (Å²) in [6.45, 7) is 1.86. The molecule has 4 aliphatic carbocycles. The van der Waals surface area contributed by atoms with Gasteiger partial charge in [-0.1, -0.05) is 0 Å². The Labute approximate surface area is 192 Å². The van der Waals surface area contributed by atoms with Crippen LogP contribution in [0.15, 0.2) is 0 Å². The topological polar surface area (TPSA) is 124 Å². The van der Waals surface area contributed by atoms with E-state index in [1.807, 2.05) is 6.92 Å². The van der Waals surface area contributed by atoms with Gasteiger partial charge in [0.05, 0.1) is 34.7 Å². The standard InChI is InChI=1S/C20H33Cl2N5O4/c1-11-23-17(27-26-11)18(30)25-19-4-6-20(7-5-19,15(28)9-19)24-16(29)10-31-12-2-3-13(21)14(22)8-12/h11-15,17,23,26-28H,2-10H2,1H3,(H,24,29)(H,25,30)/t11?,12?,13?,14?,15-,17?,19?,20?/m0/s1. The first-order valence-electron chi connectivity index (χ1n) is 11.2. The number of aliphatic hydroxyl groups excluding tert-OH is 1. The van der Waals surface area contributed by atoms with Gasteiger partial charge in [-0.2, -0.15) is 0 Å². The van der Waals surface area contributed by atoms with Gasteiger partial charge in [0.25, 0.3) is 5.91 Å². The van der Waals surface area contributed by atoms with Gasteiger partial charge >= 0.3 is 0 Å². The number of fused-ring (bicyclic) bond motifs is 3. The highest BCUT2D eigenvalue weighted by atomic mass is 35.5. The molecule has 0 aromatic rings. The lowest BCUT2D eigenvalue weighted by molar-refractivity contribution is -0.140. The summed E-state index contributed by atoms with van der Waals surface area (Å²) in [5, 5.41) is 20.0. The molecule has 6 N–H and O–H groups in total. The Morgan fingerprint density at radius 3 is 2.45 bits per heavy atom. The number of nitrogens with one attached hydrogen (secondary N) is 5. The molecule has 2 bridgehead atoms. The molecule has 2 amide bonds. The van der Waals surface area contributed by atoms with Crippen molar-refractivity contribution in [3.05, 3.63) is 0 Å². The van der Waals surface area contributed by atoms with Crippen LogP contribution in [0.25, 0.3) is 0 Å².